The van der Waals surface area contributed by atoms with Gasteiger partial charge in [0.1, 0.15) is 0 Å². The Kier molecular flexibility index (Phi) is 77.8. The van der Waals surface area contributed by atoms with E-state index in [2.05, 4.69) is 19.2 Å². The first-order valence-corrected chi connectivity index (χ1v) is 41.5. The predicted molar refractivity (Wildman–Crippen MR) is 394 cm³/mol. The van der Waals surface area contributed by atoms with Crippen LogP contribution in [0, 0.1) is 0 Å². The molecule has 0 saturated heterocycles. The van der Waals surface area contributed by atoms with Crippen molar-refractivity contribution in [1.82, 2.24) is 5.32 Å². The predicted octanol–water partition coefficient (Wildman–Crippen LogP) is 27.4. The zero-order valence-corrected chi connectivity index (χ0v) is 61.0. The second kappa shape index (κ2) is 79.0. The van der Waals surface area contributed by atoms with Crippen molar-refractivity contribution in [2.75, 3.05) is 13.2 Å². The van der Waals surface area contributed by atoms with Gasteiger partial charge in [0.05, 0.1) is 25.4 Å². The fourth-order valence-corrected chi connectivity index (χ4v) is 13.5. The van der Waals surface area contributed by atoms with Crippen LogP contribution in [0.5, 0.6) is 0 Å². The Morgan fingerprint density at radius 1 is 0.303 bits per heavy atom. The molecule has 0 fully saturated rings. The first kappa shape index (κ1) is 87.6. The molecule has 2 unspecified atom stereocenters. The molecule has 89 heavy (non-hydrogen) atoms. The fourth-order valence-electron chi connectivity index (χ4n) is 13.5. The van der Waals surface area contributed by atoms with E-state index in [4.69, 9.17) is 4.74 Å². The molecule has 0 rings (SSSR count). The number of carbonyl (C=O) groups excluding carboxylic acids is 2. The molecule has 6 heteroatoms. The number of esters is 1. The number of nitrogens with one attached hydrogen (secondary N) is 1. The van der Waals surface area contributed by atoms with E-state index in [1.165, 1.54) is 417 Å². The number of ether oxygens (including phenoxy) is 1. The molecule has 0 radical (unpaired) electrons. The smallest absolute Gasteiger partial charge is 0.305 e. The van der Waals surface area contributed by atoms with Gasteiger partial charge in [-0.15, -0.1) is 0 Å². The van der Waals surface area contributed by atoms with E-state index in [1.54, 1.807) is 6.08 Å². The summed E-state index contributed by atoms with van der Waals surface area (Å²) in [5, 5.41) is 23.3. The quantitative estimate of drug-likeness (QED) is 0.0320. The summed E-state index contributed by atoms with van der Waals surface area (Å²) in [6.07, 6.45) is 101. The molecule has 0 aliphatic rings. The maximum Gasteiger partial charge on any atom is 0.305 e. The summed E-state index contributed by atoms with van der Waals surface area (Å²) in [5.74, 6) is -0.0319. The van der Waals surface area contributed by atoms with Crippen LogP contribution in [0.2, 0.25) is 0 Å². The molecule has 6 nitrogen and oxygen atoms in total. The van der Waals surface area contributed by atoms with Crippen molar-refractivity contribution in [1.29, 1.82) is 0 Å². The van der Waals surface area contributed by atoms with Gasteiger partial charge in [0.25, 0.3) is 0 Å². The van der Waals surface area contributed by atoms with Crippen LogP contribution in [-0.4, -0.2) is 47.4 Å². The molecule has 1 amide bonds. The summed E-state index contributed by atoms with van der Waals surface area (Å²) in [6, 6.07) is -0.626. The highest BCUT2D eigenvalue weighted by Gasteiger charge is 2.18. The Hall–Kier alpha value is -1.40. The van der Waals surface area contributed by atoms with E-state index in [1.807, 2.05) is 6.08 Å². The molecule has 0 aromatic carbocycles. The van der Waals surface area contributed by atoms with Crippen LogP contribution in [-0.2, 0) is 14.3 Å². The first-order chi connectivity index (χ1) is 44.0. The van der Waals surface area contributed by atoms with Crippen LogP contribution >= 0.6 is 0 Å². The highest BCUT2D eigenvalue weighted by Crippen LogP contribution is 2.21. The molecule has 0 aromatic heterocycles. The molecular weight excluding hydrogens is 1090 g/mol. The van der Waals surface area contributed by atoms with Crippen LogP contribution in [0.4, 0.5) is 0 Å². The molecule has 530 valence electrons. The number of allylic oxidation sites excluding steroid dienone is 1. The van der Waals surface area contributed by atoms with E-state index < -0.39 is 12.1 Å². The molecule has 2 atom stereocenters. The summed E-state index contributed by atoms with van der Waals surface area (Å²) < 4.78 is 5.52. The molecular formula is C83H163NO5. The third-order valence-electron chi connectivity index (χ3n) is 19.8. The number of unbranched alkanes of at least 4 members (excludes halogenated alkanes) is 68. The number of aliphatic hydroxyl groups is 2. The van der Waals surface area contributed by atoms with Gasteiger partial charge in [-0.1, -0.05) is 450 Å². The van der Waals surface area contributed by atoms with Crippen molar-refractivity contribution < 1.29 is 24.5 Å². The van der Waals surface area contributed by atoms with Crippen LogP contribution < -0.4 is 5.32 Å². The van der Waals surface area contributed by atoms with Crippen molar-refractivity contribution in [2.24, 2.45) is 0 Å². The van der Waals surface area contributed by atoms with Crippen molar-refractivity contribution in [3.8, 4) is 0 Å². The lowest BCUT2D eigenvalue weighted by Crippen LogP contribution is -2.45. The van der Waals surface area contributed by atoms with Crippen molar-refractivity contribution in [3.63, 3.8) is 0 Å². The monoisotopic (exact) mass is 1250 g/mol. The van der Waals surface area contributed by atoms with Crippen molar-refractivity contribution in [3.05, 3.63) is 12.2 Å². The Morgan fingerprint density at radius 3 is 0.764 bits per heavy atom. The summed E-state index contributed by atoms with van der Waals surface area (Å²) in [4.78, 5) is 24.7. The molecule has 0 bridgehead atoms. The Labute approximate surface area is 559 Å². The summed E-state index contributed by atoms with van der Waals surface area (Å²) in [6.45, 7) is 4.97. The van der Waals surface area contributed by atoms with Crippen LogP contribution in [0.3, 0.4) is 0 Å². The second-order valence-corrected chi connectivity index (χ2v) is 28.8. The third-order valence-corrected chi connectivity index (χ3v) is 19.8. The first-order valence-electron chi connectivity index (χ1n) is 41.5. The minimum Gasteiger partial charge on any atom is -0.466 e. The normalized spacial score (nSPS) is 12.4. The molecule has 0 aromatic rings. The second-order valence-electron chi connectivity index (χ2n) is 28.8. The average molecular weight is 1260 g/mol. The van der Waals surface area contributed by atoms with Gasteiger partial charge in [-0.3, -0.25) is 9.59 Å². The van der Waals surface area contributed by atoms with Gasteiger partial charge in [0, 0.05) is 12.8 Å². The Morgan fingerprint density at radius 2 is 0.517 bits per heavy atom. The highest BCUT2D eigenvalue weighted by atomic mass is 16.5. The molecule has 0 aliphatic carbocycles. The maximum absolute atomic E-state index is 12.6. The van der Waals surface area contributed by atoms with Crippen LogP contribution in [0.25, 0.3) is 0 Å². The molecule has 0 aliphatic heterocycles. The van der Waals surface area contributed by atoms with Gasteiger partial charge in [-0.2, -0.15) is 0 Å². The lowest BCUT2D eigenvalue weighted by molar-refractivity contribution is -0.143. The van der Waals surface area contributed by atoms with E-state index in [0.717, 1.165) is 38.5 Å². The topological polar surface area (TPSA) is 95.9 Å². The Bertz CT molecular complexity index is 1350. The van der Waals surface area contributed by atoms with E-state index in [-0.39, 0.29) is 18.5 Å². The standard InChI is InChI=1S/C83H163NO5/c1-3-5-7-9-11-13-15-17-19-21-22-23-24-34-37-40-44-47-51-55-59-63-67-71-75-81(86)80(79-85)84-82(87)76-72-68-64-60-56-52-48-45-41-38-35-32-30-28-26-25-27-29-31-33-36-39-42-46-50-54-58-62-66-70-74-78-89-83(88)77-73-69-65-61-57-53-49-43-20-18-16-14-12-10-8-6-4-2/h71,75,80-81,85-86H,3-70,72-74,76-79H2,1-2H3,(H,84,87)/b75-71+. The number of aliphatic hydroxyl groups excluding tert-OH is 2. The summed E-state index contributed by atoms with van der Waals surface area (Å²) >= 11 is 0. The highest BCUT2D eigenvalue weighted by molar-refractivity contribution is 5.76. The lowest BCUT2D eigenvalue weighted by atomic mass is 10.0. The third kappa shape index (κ3) is 75.5. The molecule has 0 spiro atoms. The zero-order valence-electron chi connectivity index (χ0n) is 61.0. The summed E-state index contributed by atoms with van der Waals surface area (Å²) in [5.41, 5.74) is 0. The Balaban J connectivity index is 3.34. The van der Waals surface area contributed by atoms with Gasteiger partial charge in [-0.25, -0.2) is 0 Å². The van der Waals surface area contributed by atoms with Crippen LogP contribution in [0.1, 0.15) is 483 Å². The lowest BCUT2D eigenvalue weighted by Gasteiger charge is -2.20. The van der Waals surface area contributed by atoms with Gasteiger partial charge in [-0.05, 0) is 32.1 Å². The number of hydrogen-bond donors (Lipinski definition) is 3. The fraction of sp³-hybridized carbons (Fsp3) is 0.952. The number of carbonyl (C=O) groups is 2. The van der Waals surface area contributed by atoms with Crippen LogP contribution in [0.15, 0.2) is 12.2 Å². The number of amides is 1. The SMILES string of the molecule is CCCCCCCCCCCCCCCCCCCCCCCC/C=C/C(O)C(CO)NC(=O)CCCCCCCCCCCCCCCCCCCCCCCCCCCCCCCCCOC(=O)CCCCCCCCCCCCCCCCCCC. The van der Waals surface area contributed by atoms with Crippen molar-refractivity contribution >= 4 is 11.9 Å². The number of hydrogen-bond acceptors (Lipinski definition) is 5. The minimum atomic E-state index is -0.843. The maximum atomic E-state index is 12.6. The van der Waals surface area contributed by atoms with Gasteiger partial charge >= 0.3 is 5.97 Å². The number of rotatable bonds is 79. The largest absolute Gasteiger partial charge is 0.466 e. The zero-order chi connectivity index (χ0) is 64.2. The average Bonchev–Trinajstić information content (AvgIpc) is 3.55. The van der Waals surface area contributed by atoms with E-state index in [9.17, 15) is 19.8 Å². The molecule has 3 N–H and O–H groups in total. The molecule has 0 saturated carbocycles. The van der Waals surface area contributed by atoms with Crippen molar-refractivity contribution in [2.45, 2.75) is 495 Å². The van der Waals surface area contributed by atoms with Gasteiger partial charge in [0.2, 0.25) is 5.91 Å². The molecule has 0 heterocycles. The van der Waals surface area contributed by atoms with E-state index >= 15 is 0 Å². The summed E-state index contributed by atoms with van der Waals surface area (Å²) in [7, 11) is 0. The van der Waals surface area contributed by atoms with Gasteiger partial charge < -0.3 is 20.3 Å². The van der Waals surface area contributed by atoms with E-state index in [0.29, 0.717) is 19.4 Å². The van der Waals surface area contributed by atoms with Gasteiger partial charge in [0.15, 0.2) is 0 Å². The minimum absolute atomic E-state index is 0.0258.